The van der Waals surface area contributed by atoms with E-state index in [1.807, 2.05) is 6.92 Å². The molecule has 0 aliphatic carbocycles. The Hall–Kier alpha value is -2.87. The van der Waals surface area contributed by atoms with Gasteiger partial charge in [-0.25, -0.2) is 4.90 Å². The lowest BCUT2D eigenvalue weighted by atomic mass is 10.1. The van der Waals surface area contributed by atoms with Crippen molar-refractivity contribution in [1.82, 2.24) is 5.32 Å². The van der Waals surface area contributed by atoms with Gasteiger partial charge < -0.3 is 10.1 Å². The zero-order valence-electron chi connectivity index (χ0n) is 15.1. The zero-order valence-corrected chi connectivity index (χ0v) is 15.1. The Morgan fingerprint density at radius 1 is 1.14 bits per heavy atom. The summed E-state index contributed by atoms with van der Waals surface area (Å²) in [4.78, 5) is 26.0. The third-order valence-corrected chi connectivity index (χ3v) is 4.36. The molecule has 1 saturated heterocycles. The van der Waals surface area contributed by atoms with Crippen molar-refractivity contribution in [3.8, 4) is 5.75 Å². The van der Waals surface area contributed by atoms with Crippen LogP contribution in [0.3, 0.4) is 0 Å². The molecule has 1 atom stereocenters. The van der Waals surface area contributed by atoms with Crippen LogP contribution in [-0.2, 0) is 22.3 Å². The highest BCUT2D eigenvalue weighted by Gasteiger charge is 2.39. The van der Waals surface area contributed by atoms with E-state index in [0.717, 1.165) is 17.0 Å². The summed E-state index contributed by atoms with van der Waals surface area (Å²) < 4.78 is 43.7. The first-order valence-corrected chi connectivity index (χ1v) is 8.78. The summed E-state index contributed by atoms with van der Waals surface area (Å²) >= 11 is 0. The van der Waals surface area contributed by atoms with E-state index in [4.69, 9.17) is 4.74 Å². The lowest BCUT2D eigenvalue weighted by Gasteiger charge is -2.16. The van der Waals surface area contributed by atoms with Crippen molar-refractivity contribution in [1.29, 1.82) is 0 Å². The van der Waals surface area contributed by atoms with Crippen LogP contribution in [0.4, 0.5) is 18.9 Å². The first-order chi connectivity index (χ1) is 13.3. The number of nitrogens with zero attached hydrogens (tertiary/aromatic N) is 1. The van der Waals surface area contributed by atoms with Crippen LogP contribution in [0.25, 0.3) is 0 Å². The van der Waals surface area contributed by atoms with Crippen molar-refractivity contribution in [3.63, 3.8) is 0 Å². The number of benzene rings is 2. The van der Waals surface area contributed by atoms with Crippen LogP contribution in [0, 0.1) is 0 Å². The third kappa shape index (κ3) is 4.33. The standard InChI is InChI=1S/C20H19F3N2O3/c1-2-28-16-8-6-15(7-9-16)25-18(26)11-17(19(25)27)24-12-13-4-3-5-14(10-13)20(21,22)23/h3-10,17,24H,2,11-12H2,1H3/t17-/m0/s1. The minimum absolute atomic E-state index is 0.0464. The molecule has 1 aliphatic heterocycles. The molecule has 28 heavy (non-hydrogen) atoms. The average molecular weight is 392 g/mol. The summed E-state index contributed by atoms with van der Waals surface area (Å²) in [5.41, 5.74) is 0.0630. The number of hydrogen-bond donors (Lipinski definition) is 1. The fourth-order valence-electron chi connectivity index (χ4n) is 3.02. The van der Waals surface area contributed by atoms with Gasteiger partial charge in [0, 0.05) is 6.54 Å². The second-order valence-corrected chi connectivity index (χ2v) is 6.33. The molecule has 1 aliphatic rings. The number of amides is 2. The summed E-state index contributed by atoms with van der Waals surface area (Å²) in [7, 11) is 0. The molecular formula is C20H19F3N2O3. The number of anilines is 1. The molecule has 5 nitrogen and oxygen atoms in total. The summed E-state index contributed by atoms with van der Waals surface area (Å²) in [6.45, 7) is 2.40. The smallest absolute Gasteiger partial charge is 0.416 e. The summed E-state index contributed by atoms with van der Waals surface area (Å²) in [6, 6.07) is 10.7. The number of halogens is 3. The summed E-state index contributed by atoms with van der Waals surface area (Å²) in [5.74, 6) is -0.165. The summed E-state index contributed by atoms with van der Waals surface area (Å²) in [5, 5.41) is 2.88. The normalized spacial score (nSPS) is 17.3. The van der Waals surface area contributed by atoms with Crippen molar-refractivity contribution in [2.24, 2.45) is 0 Å². The number of ether oxygens (including phenoxy) is 1. The van der Waals surface area contributed by atoms with Gasteiger partial charge >= 0.3 is 6.18 Å². The number of alkyl halides is 3. The molecule has 1 fully saturated rings. The predicted molar refractivity (Wildman–Crippen MR) is 96.8 cm³/mol. The highest BCUT2D eigenvalue weighted by Crippen LogP contribution is 2.30. The molecule has 0 aromatic heterocycles. The van der Waals surface area contributed by atoms with Crippen LogP contribution < -0.4 is 15.0 Å². The molecular weight excluding hydrogens is 373 g/mol. The van der Waals surface area contributed by atoms with E-state index in [0.29, 0.717) is 23.6 Å². The minimum atomic E-state index is -4.43. The quantitative estimate of drug-likeness (QED) is 0.765. The fourth-order valence-corrected chi connectivity index (χ4v) is 3.02. The Morgan fingerprint density at radius 2 is 1.86 bits per heavy atom. The maximum Gasteiger partial charge on any atom is 0.416 e. The SMILES string of the molecule is CCOc1ccc(N2C(=O)C[C@H](NCc3cccc(C(F)(F)F)c3)C2=O)cc1. The third-order valence-electron chi connectivity index (χ3n) is 4.36. The Morgan fingerprint density at radius 3 is 2.50 bits per heavy atom. The molecule has 2 aromatic carbocycles. The molecule has 0 spiro atoms. The van der Waals surface area contributed by atoms with Gasteiger partial charge in [0.15, 0.2) is 0 Å². The first kappa shape index (κ1) is 19.9. The monoisotopic (exact) mass is 392 g/mol. The van der Waals surface area contributed by atoms with Crippen LogP contribution in [0.5, 0.6) is 5.75 Å². The van der Waals surface area contributed by atoms with Gasteiger partial charge in [-0.1, -0.05) is 18.2 Å². The van der Waals surface area contributed by atoms with E-state index in [9.17, 15) is 22.8 Å². The lowest BCUT2D eigenvalue weighted by Crippen LogP contribution is -2.38. The number of nitrogens with one attached hydrogen (secondary N) is 1. The van der Waals surface area contributed by atoms with Gasteiger partial charge in [-0.3, -0.25) is 9.59 Å². The van der Waals surface area contributed by atoms with Gasteiger partial charge in [-0.15, -0.1) is 0 Å². The highest BCUT2D eigenvalue weighted by atomic mass is 19.4. The Balaban J connectivity index is 1.67. The van der Waals surface area contributed by atoms with Crippen molar-refractivity contribution in [3.05, 3.63) is 59.7 Å². The van der Waals surface area contributed by atoms with Crippen molar-refractivity contribution in [2.75, 3.05) is 11.5 Å². The molecule has 0 radical (unpaired) electrons. The molecule has 8 heteroatoms. The highest BCUT2D eigenvalue weighted by molar-refractivity contribution is 6.22. The number of imide groups is 1. The van der Waals surface area contributed by atoms with Crippen molar-refractivity contribution >= 4 is 17.5 Å². The molecule has 1 N–H and O–H groups in total. The van der Waals surface area contributed by atoms with Crippen LogP contribution in [-0.4, -0.2) is 24.5 Å². The zero-order chi connectivity index (χ0) is 20.3. The van der Waals surface area contributed by atoms with Gasteiger partial charge in [0.1, 0.15) is 5.75 Å². The molecule has 3 rings (SSSR count). The van der Waals surface area contributed by atoms with Crippen LogP contribution >= 0.6 is 0 Å². The van der Waals surface area contributed by atoms with Gasteiger partial charge in [0.25, 0.3) is 5.91 Å². The Kier molecular flexibility index (Phi) is 5.69. The van der Waals surface area contributed by atoms with E-state index in [1.165, 1.54) is 12.1 Å². The van der Waals surface area contributed by atoms with E-state index in [-0.39, 0.29) is 18.9 Å². The second kappa shape index (κ2) is 8.02. The Bertz CT molecular complexity index is 866. The first-order valence-electron chi connectivity index (χ1n) is 8.78. The van der Waals surface area contributed by atoms with Crippen LogP contribution in [0.15, 0.2) is 48.5 Å². The largest absolute Gasteiger partial charge is 0.494 e. The van der Waals surface area contributed by atoms with Crippen LogP contribution in [0.1, 0.15) is 24.5 Å². The molecule has 0 unspecified atom stereocenters. The van der Waals surface area contributed by atoms with Gasteiger partial charge in [0.2, 0.25) is 5.91 Å². The molecule has 1 heterocycles. The Labute approximate surface area is 160 Å². The average Bonchev–Trinajstić information content (AvgIpc) is 2.94. The van der Waals surface area contributed by atoms with Crippen molar-refractivity contribution < 1.29 is 27.5 Å². The minimum Gasteiger partial charge on any atom is -0.494 e. The van der Waals surface area contributed by atoms with E-state index < -0.39 is 23.7 Å². The lowest BCUT2D eigenvalue weighted by molar-refractivity contribution is -0.137. The topological polar surface area (TPSA) is 58.6 Å². The number of carbonyl (C=O) groups excluding carboxylic acids is 2. The van der Waals surface area contributed by atoms with Gasteiger partial charge in [0.05, 0.1) is 30.3 Å². The van der Waals surface area contributed by atoms with Crippen molar-refractivity contribution in [2.45, 2.75) is 32.1 Å². The second-order valence-electron chi connectivity index (χ2n) is 6.33. The molecule has 0 bridgehead atoms. The number of rotatable bonds is 6. The van der Waals surface area contributed by atoms with E-state index in [2.05, 4.69) is 5.32 Å². The molecule has 0 saturated carbocycles. The predicted octanol–water partition coefficient (Wildman–Crippen LogP) is 3.53. The summed E-state index contributed by atoms with van der Waals surface area (Å²) in [6.07, 6.45) is -4.48. The molecule has 2 aromatic rings. The number of hydrogen-bond acceptors (Lipinski definition) is 4. The maximum absolute atomic E-state index is 12.8. The van der Waals surface area contributed by atoms with Gasteiger partial charge in [-0.2, -0.15) is 13.2 Å². The number of carbonyl (C=O) groups is 2. The molecule has 2 amide bonds. The molecule has 148 valence electrons. The van der Waals surface area contributed by atoms with Gasteiger partial charge in [-0.05, 0) is 42.8 Å². The maximum atomic E-state index is 12.8. The van der Waals surface area contributed by atoms with Crippen LogP contribution in [0.2, 0.25) is 0 Å². The van der Waals surface area contributed by atoms with E-state index >= 15 is 0 Å². The van der Waals surface area contributed by atoms with E-state index in [1.54, 1.807) is 24.3 Å². The fraction of sp³-hybridized carbons (Fsp3) is 0.300.